The van der Waals surface area contributed by atoms with Crippen molar-refractivity contribution in [2.24, 2.45) is 0 Å². The molecule has 0 radical (unpaired) electrons. The first-order valence-corrected chi connectivity index (χ1v) is 5.67. The Morgan fingerprint density at radius 3 is 2.53 bits per heavy atom. The minimum absolute atomic E-state index is 0.0161. The van der Waals surface area contributed by atoms with E-state index in [1.54, 1.807) is 19.1 Å². The third kappa shape index (κ3) is 3.48. The number of thioether (sulfide) groups is 1. The molecule has 0 heterocycles. The molecule has 0 amide bonds. The van der Waals surface area contributed by atoms with Crippen LogP contribution in [0.2, 0.25) is 0 Å². The van der Waals surface area contributed by atoms with Gasteiger partial charge in [0, 0.05) is 10.1 Å². The third-order valence-electron chi connectivity index (χ3n) is 2.02. The Labute approximate surface area is 93.1 Å². The van der Waals surface area contributed by atoms with Crippen LogP contribution in [0.3, 0.4) is 0 Å². The quantitative estimate of drug-likeness (QED) is 0.780. The van der Waals surface area contributed by atoms with Gasteiger partial charge in [0.2, 0.25) is 0 Å². The van der Waals surface area contributed by atoms with Gasteiger partial charge < -0.3 is 10.2 Å². The fraction of sp³-hybridized carbons (Fsp3) is 0.455. The van der Waals surface area contributed by atoms with Gasteiger partial charge in [0.05, 0.1) is 12.7 Å². The second kappa shape index (κ2) is 5.49. The van der Waals surface area contributed by atoms with Crippen molar-refractivity contribution in [2.45, 2.75) is 30.1 Å². The first kappa shape index (κ1) is 12.5. The van der Waals surface area contributed by atoms with Gasteiger partial charge in [-0.15, -0.1) is 11.8 Å². The summed E-state index contributed by atoms with van der Waals surface area (Å²) in [4.78, 5) is 0.501. The number of halogens is 1. The molecule has 1 aromatic rings. The lowest BCUT2D eigenvalue weighted by molar-refractivity contribution is 0.198. The number of hydrogen-bond acceptors (Lipinski definition) is 3. The highest BCUT2D eigenvalue weighted by Crippen LogP contribution is 2.27. The molecule has 15 heavy (non-hydrogen) atoms. The van der Waals surface area contributed by atoms with Crippen molar-refractivity contribution in [1.82, 2.24) is 0 Å². The lowest BCUT2D eigenvalue weighted by Crippen LogP contribution is -2.02. The zero-order chi connectivity index (χ0) is 11.4. The van der Waals surface area contributed by atoms with Crippen molar-refractivity contribution in [3.8, 4) is 0 Å². The van der Waals surface area contributed by atoms with Crippen molar-refractivity contribution >= 4 is 11.8 Å². The Morgan fingerprint density at radius 1 is 1.40 bits per heavy atom. The van der Waals surface area contributed by atoms with Gasteiger partial charge in [-0.2, -0.15) is 0 Å². The maximum absolute atomic E-state index is 13.5. The summed E-state index contributed by atoms with van der Waals surface area (Å²) in [6.07, 6.45) is -0.659. The molecule has 0 saturated heterocycles. The summed E-state index contributed by atoms with van der Waals surface area (Å²) in [6.45, 7) is 3.44. The lowest BCUT2D eigenvalue weighted by Gasteiger charge is -2.10. The maximum Gasteiger partial charge on any atom is 0.137 e. The van der Waals surface area contributed by atoms with Gasteiger partial charge in [-0.1, -0.05) is 13.0 Å². The van der Waals surface area contributed by atoms with E-state index in [-0.39, 0.29) is 17.7 Å². The predicted molar refractivity (Wildman–Crippen MR) is 59.4 cm³/mol. The average molecular weight is 230 g/mol. The van der Waals surface area contributed by atoms with Crippen LogP contribution in [-0.4, -0.2) is 22.1 Å². The molecular formula is C11H15FO2S. The number of aliphatic hydroxyl groups excluding tert-OH is 2. The van der Waals surface area contributed by atoms with E-state index in [0.29, 0.717) is 10.5 Å². The predicted octanol–water partition coefficient (Wildman–Crippen LogP) is 2.35. The van der Waals surface area contributed by atoms with E-state index in [4.69, 9.17) is 5.11 Å². The summed E-state index contributed by atoms with van der Waals surface area (Å²) in [5.41, 5.74) is 0.563. The van der Waals surface area contributed by atoms with Gasteiger partial charge in [0.1, 0.15) is 5.82 Å². The van der Waals surface area contributed by atoms with Gasteiger partial charge >= 0.3 is 0 Å². The molecule has 1 aromatic carbocycles. The zero-order valence-corrected chi connectivity index (χ0v) is 9.59. The topological polar surface area (TPSA) is 40.5 Å². The minimum Gasteiger partial charge on any atom is -0.395 e. The number of aliphatic hydroxyl groups is 2. The van der Waals surface area contributed by atoms with E-state index < -0.39 is 6.10 Å². The van der Waals surface area contributed by atoms with Crippen LogP contribution in [-0.2, 0) is 0 Å². The molecule has 2 nitrogen and oxygen atoms in total. The van der Waals surface area contributed by atoms with Crippen LogP contribution in [0.25, 0.3) is 0 Å². The van der Waals surface area contributed by atoms with Crippen LogP contribution in [0.5, 0.6) is 0 Å². The van der Waals surface area contributed by atoms with E-state index in [1.807, 2.05) is 6.92 Å². The van der Waals surface area contributed by atoms with Crippen molar-refractivity contribution in [3.63, 3.8) is 0 Å². The molecule has 0 aromatic heterocycles. The molecule has 0 aliphatic rings. The van der Waals surface area contributed by atoms with E-state index in [0.717, 1.165) is 0 Å². The Bertz CT molecular complexity index is 328. The normalized spacial score (nSPS) is 15.0. The van der Waals surface area contributed by atoms with Crippen molar-refractivity contribution in [3.05, 3.63) is 29.6 Å². The van der Waals surface area contributed by atoms with Gasteiger partial charge in [0.15, 0.2) is 0 Å². The minimum atomic E-state index is -0.659. The Morgan fingerprint density at radius 2 is 2.07 bits per heavy atom. The number of hydrogen-bond donors (Lipinski definition) is 2. The van der Waals surface area contributed by atoms with Crippen molar-refractivity contribution in [1.29, 1.82) is 0 Å². The Balaban J connectivity index is 2.83. The van der Waals surface area contributed by atoms with Gasteiger partial charge in [-0.25, -0.2) is 4.39 Å². The molecule has 0 saturated carbocycles. The monoisotopic (exact) mass is 230 g/mol. The zero-order valence-electron chi connectivity index (χ0n) is 8.77. The maximum atomic E-state index is 13.5. The molecule has 0 bridgehead atoms. The van der Waals surface area contributed by atoms with Crippen LogP contribution in [0, 0.1) is 5.82 Å². The molecule has 0 aliphatic heterocycles. The molecular weight excluding hydrogens is 215 g/mol. The average Bonchev–Trinajstić information content (AvgIpc) is 2.20. The van der Waals surface area contributed by atoms with Crippen LogP contribution in [0.1, 0.15) is 25.5 Å². The second-order valence-corrected chi connectivity index (χ2v) is 4.96. The smallest absolute Gasteiger partial charge is 0.137 e. The highest BCUT2D eigenvalue weighted by atomic mass is 32.2. The third-order valence-corrected chi connectivity index (χ3v) is 3.16. The largest absolute Gasteiger partial charge is 0.395 e. The summed E-state index contributed by atoms with van der Waals surface area (Å²) in [6, 6.07) is 4.66. The van der Waals surface area contributed by atoms with Gasteiger partial charge in [-0.3, -0.25) is 0 Å². The van der Waals surface area contributed by atoms with Crippen LogP contribution in [0.15, 0.2) is 23.1 Å². The van der Waals surface area contributed by atoms with Crippen LogP contribution in [0.4, 0.5) is 4.39 Å². The van der Waals surface area contributed by atoms with Crippen molar-refractivity contribution in [2.75, 3.05) is 6.61 Å². The number of benzene rings is 1. The molecule has 0 aliphatic carbocycles. The first-order chi connectivity index (χ1) is 7.04. The summed E-state index contributed by atoms with van der Waals surface area (Å²) < 4.78 is 13.5. The van der Waals surface area contributed by atoms with E-state index in [1.165, 1.54) is 17.8 Å². The first-order valence-electron chi connectivity index (χ1n) is 4.79. The number of rotatable bonds is 4. The van der Waals surface area contributed by atoms with E-state index in [9.17, 15) is 9.50 Å². The summed E-state index contributed by atoms with van der Waals surface area (Å²) in [5.74, 6) is -0.348. The highest BCUT2D eigenvalue weighted by Gasteiger charge is 2.10. The van der Waals surface area contributed by atoms with Gasteiger partial charge in [0.25, 0.3) is 0 Å². The fourth-order valence-corrected chi connectivity index (χ4v) is 1.95. The SMILES string of the molecule is CC(CO)Sc1ccc([C@H](C)O)cc1F. The second-order valence-electron chi connectivity index (χ2n) is 3.48. The molecule has 2 N–H and O–H groups in total. The Kier molecular flexibility index (Phi) is 4.57. The highest BCUT2D eigenvalue weighted by molar-refractivity contribution is 8.00. The molecule has 2 atom stereocenters. The van der Waals surface area contributed by atoms with E-state index >= 15 is 0 Å². The summed E-state index contributed by atoms with van der Waals surface area (Å²) in [7, 11) is 0. The summed E-state index contributed by atoms with van der Waals surface area (Å²) >= 11 is 1.28. The molecule has 0 spiro atoms. The van der Waals surface area contributed by atoms with E-state index in [2.05, 4.69) is 0 Å². The standard InChI is InChI=1S/C11H15FO2S/c1-7(6-13)15-11-4-3-9(8(2)14)5-10(11)12/h3-5,7-8,13-14H,6H2,1-2H3/t7?,8-/m0/s1. The fourth-order valence-electron chi connectivity index (χ4n) is 1.13. The molecule has 0 fully saturated rings. The van der Waals surface area contributed by atoms with Crippen LogP contribution < -0.4 is 0 Å². The molecule has 1 rings (SSSR count). The Hall–Kier alpha value is -0.580. The lowest BCUT2D eigenvalue weighted by atomic mass is 10.1. The summed E-state index contributed by atoms with van der Waals surface area (Å²) in [5, 5.41) is 18.1. The molecule has 1 unspecified atom stereocenters. The van der Waals surface area contributed by atoms with Gasteiger partial charge in [-0.05, 0) is 24.6 Å². The van der Waals surface area contributed by atoms with Crippen LogP contribution >= 0.6 is 11.8 Å². The van der Waals surface area contributed by atoms with Crippen molar-refractivity contribution < 1.29 is 14.6 Å². The molecule has 4 heteroatoms. The molecule has 84 valence electrons.